The first-order valence-corrected chi connectivity index (χ1v) is 9.16. The lowest BCUT2D eigenvalue weighted by Gasteiger charge is -2.06. The van der Waals surface area contributed by atoms with Gasteiger partial charge in [-0.1, -0.05) is 47.4 Å². The largest absolute Gasteiger partial charge is 0.493 e. The number of benzene rings is 2. The molecular formula is C17H15N3OS2. The predicted molar refractivity (Wildman–Crippen MR) is 95.8 cm³/mol. The van der Waals surface area contributed by atoms with Crippen molar-refractivity contribution < 1.29 is 4.74 Å². The zero-order valence-corrected chi connectivity index (χ0v) is 14.2. The minimum absolute atomic E-state index is 0.644. The lowest BCUT2D eigenvalue weighted by Crippen LogP contribution is -2.01. The van der Waals surface area contributed by atoms with Crippen LogP contribution in [0, 0.1) is 6.92 Å². The van der Waals surface area contributed by atoms with Crippen LogP contribution in [0.4, 0.5) is 0 Å². The first-order chi connectivity index (χ1) is 11.3. The van der Waals surface area contributed by atoms with Crippen molar-refractivity contribution in [2.45, 2.75) is 12.1 Å². The maximum atomic E-state index is 5.79. The zero-order chi connectivity index (χ0) is 15.6. The molecule has 4 nitrogen and oxygen atoms in total. The molecule has 23 heavy (non-hydrogen) atoms. The molecule has 0 amide bonds. The Hall–Kier alpha value is -2.05. The molecule has 2 aromatic heterocycles. The Morgan fingerprint density at radius 1 is 1.13 bits per heavy atom. The number of aryl methyl sites for hydroxylation is 1. The Kier molecular flexibility index (Phi) is 3.93. The second-order valence-electron chi connectivity index (χ2n) is 5.18. The van der Waals surface area contributed by atoms with Crippen LogP contribution in [0.3, 0.4) is 0 Å². The third kappa shape index (κ3) is 2.92. The van der Waals surface area contributed by atoms with E-state index in [1.807, 2.05) is 30.3 Å². The van der Waals surface area contributed by atoms with Crippen molar-refractivity contribution in [2.75, 3.05) is 12.4 Å². The molecule has 6 heteroatoms. The standard InChI is InChI=1S/C17H15N3OS2/c1-12-5-4-6-13(11-12)21-9-10-22-16-18-19-17-20(16)14-7-2-3-8-15(14)23-17/h2-8,11H,9-10H2,1H3. The van der Waals surface area contributed by atoms with Crippen molar-refractivity contribution in [3.05, 3.63) is 54.1 Å². The quantitative estimate of drug-likeness (QED) is 0.398. The summed E-state index contributed by atoms with van der Waals surface area (Å²) < 4.78 is 9.14. The second-order valence-corrected chi connectivity index (χ2v) is 7.25. The highest BCUT2D eigenvalue weighted by Crippen LogP contribution is 2.29. The van der Waals surface area contributed by atoms with Gasteiger partial charge in [0.15, 0.2) is 5.16 Å². The monoisotopic (exact) mass is 341 g/mol. The van der Waals surface area contributed by atoms with Gasteiger partial charge in [0, 0.05) is 5.75 Å². The molecule has 2 aromatic carbocycles. The van der Waals surface area contributed by atoms with Crippen molar-refractivity contribution in [3.63, 3.8) is 0 Å². The van der Waals surface area contributed by atoms with Crippen LogP contribution in [0.25, 0.3) is 15.2 Å². The van der Waals surface area contributed by atoms with E-state index in [0.29, 0.717) is 6.61 Å². The Morgan fingerprint density at radius 2 is 2.04 bits per heavy atom. The van der Waals surface area contributed by atoms with E-state index in [-0.39, 0.29) is 0 Å². The third-order valence-corrected chi connectivity index (χ3v) is 5.39. The predicted octanol–water partition coefficient (Wildman–Crippen LogP) is 4.42. The van der Waals surface area contributed by atoms with Gasteiger partial charge in [0.2, 0.25) is 4.96 Å². The number of ether oxygens (including phenoxy) is 1. The number of fused-ring (bicyclic) bond motifs is 3. The Labute approximate surface area is 142 Å². The summed E-state index contributed by atoms with van der Waals surface area (Å²) in [5, 5.41) is 9.49. The van der Waals surface area contributed by atoms with E-state index in [9.17, 15) is 0 Å². The minimum atomic E-state index is 0.644. The molecule has 0 saturated carbocycles. The third-order valence-electron chi connectivity index (χ3n) is 3.48. The second kappa shape index (κ2) is 6.22. The maximum Gasteiger partial charge on any atom is 0.217 e. The van der Waals surface area contributed by atoms with Crippen LogP contribution in [0.5, 0.6) is 5.75 Å². The number of para-hydroxylation sites is 1. The van der Waals surface area contributed by atoms with E-state index in [0.717, 1.165) is 21.6 Å². The summed E-state index contributed by atoms with van der Waals surface area (Å²) in [6.07, 6.45) is 0. The van der Waals surface area contributed by atoms with Crippen LogP contribution >= 0.6 is 23.1 Å². The van der Waals surface area contributed by atoms with Gasteiger partial charge in [-0.15, -0.1) is 10.2 Å². The molecule has 0 fully saturated rings. The molecule has 0 spiro atoms. The van der Waals surface area contributed by atoms with Crippen molar-refractivity contribution >= 4 is 38.3 Å². The molecule has 116 valence electrons. The maximum absolute atomic E-state index is 5.79. The number of thioether (sulfide) groups is 1. The highest BCUT2D eigenvalue weighted by molar-refractivity contribution is 7.99. The van der Waals surface area contributed by atoms with Gasteiger partial charge in [-0.25, -0.2) is 0 Å². The molecule has 0 aliphatic carbocycles. The molecule has 0 N–H and O–H groups in total. The highest BCUT2D eigenvalue weighted by atomic mass is 32.2. The van der Waals surface area contributed by atoms with E-state index in [4.69, 9.17) is 4.74 Å². The minimum Gasteiger partial charge on any atom is -0.493 e. The first-order valence-electron chi connectivity index (χ1n) is 7.36. The lowest BCUT2D eigenvalue weighted by molar-refractivity contribution is 0.343. The molecule has 4 rings (SSSR count). The fourth-order valence-electron chi connectivity index (χ4n) is 2.45. The number of hydrogen-bond acceptors (Lipinski definition) is 5. The summed E-state index contributed by atoms with van der Waals surface area (Å²) in [6, 6.07) is 16.4. The van der Waals surface area contributed by atoms with Crippen LogP contribution in [0.2, 0.25) is 0 Å². The lowest BCUT2D eigenvalue weighted by atomic mass is 10.2. The van der Waals surface area contributed by atoms with Crippen LogP contribution in [0.15, 0.2) is 53.7 Å². The Morgan fingerprint density at radius 3 is 2.96 bits per heavy atom. The van der Waals surface area contributed by atoms with Gasteiger partial charge in [-0.05, 0) is 36.8 Å². The van der Waals surface area contributed by atoms with Crippen LogP contribution < -0.4 is 4.74 Å². The molecule has 0 saturated heterocycles. The van der Waals surface area contributed by atoms with Crippen LogP contribution in [-0.2, 0) is 0 Å². The number of aromatic nitrogens is 3. The topological polar surface area (TPSA) is 39.4 Å². The molecule has 0 atom stereocenters. The van der Waals surface area contributed by atoms with E-state index in [2.05, 4.69) is 39.7 Å². The van der Waals surface area contributed by atoms with Gasteiger partial charge in [0.1, 0.15) is 5.75 Å². The summed E-state index contributed by atoms with van der Waals surface area (Å²) >= 11 is 3.34. The first kappa shape index (κ1) is 14.5. The smallest absolute Gasteiger partial charge is 0.217 e. The molecule has 0 unspecified atom stereocenters. The molecule has 4 aromatic rings. The number of rotatable bonds is 5. The van der Waals surface area contributed by atoms with E-state index < -0.39 is 0 Å². The van der Waals surface area contributed by atoms with E-state index >= 15 is 0 Å². The molecule has 2 heterocycles. The normalized spacial score (nSPS) is 11.3. The Bertz CT molecular complexity index is 961. The van der Waals surface area contributed by atoms with Crippen LogP contribution in [0.1, 0.15) is 5.56 Å². The highest BCUT2D eigenvalue weighted by Gasteiger charge is 2.12. The van der Waals surface area contributed by atoms with Crippen molar-refractivity contribution in [1.82, 2.24) is 14.6 Å². The number of nitrogens with zero attached hydrogens (tertiary/aromatic N) is 3. The van der Waals surface area contributed by atoms with Crippen molar-refractivity contribution in [3.8, 4) is 5.75 Å². The molecule has 0 aliphatic rings. The fraction of sp³-hybridized carbons (Fsp3) is 0.176. The van der Waals surface area contributed by atoms with Gasteiger partial charge in [0.25, 0.3) is 0 Å². The molecular weight excluding hydrogens is 326 g/mol. The zero-order valence-electron chi connectivity index (χ0n) is 12.6. The van der Waals surface area contributed by atoms with Crippen molar-refractivity contribution in [2.24, 2.45) is 0 Å². The van der Waals surface area contributed by atoms with E-state index in [1.54, 1.807) is 23.1 Å². The summed E-state index contributed by atoms with van der Waals surface area (Å²) in [5.41, 5.74) is 2.37. The number of thiazole rings is 1. The summed E-state index contributed by atoms with van der Waals surface area (Å²) in [4.78, 5) is 0.938. The van der Waals surface area contributed by atoms with E-state index in [1.165, 1.54) is 15.8 Å². The number of hydrogen-bond donors (Lipinski definition) is 0. The summed E-state index contributed by atoms with van der Waals surface area (Å²) in [7, 11) is 0. The van der Waals surface area contributed by atoms with Gasteiger partial charge in [-0.2, -0.15) is 0 Å². The average molecular weight is 341 g/mol. The molecule has 0 aliphatic heterocycles. The van der Waals surface area contributed by atoms with Gasteiger partial charge < -0.3 is 4.74 Å². The van der Waals surface area contributed by atoms with Gasteiger partial charge in [0.05, 0.1) is 16.8 Å². The molecule has 0 bridgehead atoms. The fourth-order valence-corrected chi connectivity index (χ4v) is 4.23. The van der Waals surface area contributed by atoms with Crippen molar-refractivity contribution in [1.29, 1.82) is 0 Å². The summed E-state index contributed by atoms with van der Waals surface area (Å²) in [5.74, 6) is 1.75. The van der Waals surface area contributed by atoms with Gasteiger partial charge in [-0.3, -0.25) is 4.40 Å². The van der Waals surface area contributed by atoms with Gasteiger partial charge >= 0.3 is 0 Å². The average Bonchev–Trinajstić information content (AvgIpc) is 3.11. The SMILES string of the molecule is Cc1cccc(OCCSc2nnc3sc4ccccc4n23)c1. The summed E-state index contributed by atoms with van der Waals surface area (Å²) in [6.45, 7) is 2.71. The Balaban J connectivity index is 1.46. The molecule has 0 radical (unpaired) electrons. The van der Waals surface area contributed by atoms with Crippen LogP contribution in [-0.4, -0.2) is 27.0 Å².